The number of thiophene rings is 1. The standard InChI is InChI=1S/C19H22BrNO3S/c1-9-15(18(23)24-5)17(14-6-11(20)10(2)25-14)16-12(21-9)7-19(3,4)8-13(16)22/h6,16-17H,7-8H2,1-5H3/t16?,17-/m1/s1. The molecule has 1 aromatic rings. The Kier molecular flexibility index (Phi) is 4.79. The third-order valence-electron chi connectivity index (χ3n) is 4.95. The molecule has 1 saturated carbocycles. The molecule has 0 amide bonds. The van der Waals surface area contributed by atoms with Crippen LogP contribution in [0, 0.1) is 18.3 Å². The van der Waals surface area contributed by atoms with Crippen LogP contribution >= 0.6 is 27.3 Å². The second kappa shape index (κ2) is 6.47. The summed E-state index contributed by atoms with van der Waals surface area (Å²) in [6, 6.07) is 2.02. The average Bonchev–Trinajstić information content (AvgIpc) is 2.83. The Balaban J connectivity index is 2.19. The van der Waals surface area contributed by atoms with Gasteiger partial charge in [-0.05, 0) is 47.7 Å². The molecule has 2 aliphatic rings. The van der Waals surface area contributed by atoms with Crippen molar-refractivity contribution in [2.24, 2.45) is 16.3 Å². The molecule has 4 nitrogen and oxygen atoms in total. The Morgan fingerprint density at radius 3 is 2.56 bits per heavy atom. The molecule has 0 bridgehead atoms. The molecule has 2 atom stereocenters. The lowest BCUT2D eigenvalue weighted by molar-refractivity contribution is -0.136. The molecule has 3 rings (SSSR count). The second-order valence-corrected chi connectivity index (χ2v) is 9.73. The van der Waals surface area contributed by atoms with Gasteiger partial charge in [0.1, 0.15) is 5.78 Å². The number of carbonyl (C=O) groups is 2. The summed E-state index contributed by atoms with van der Waals surface area (Å²) in [6.45, 7) is 8.05. The number of hydrogen-bond donors (Lipinski definition) is 0. The van der Waals surface area contributed by atoms with Crippen molar-refractivity contribution < 1.29 is 14.3 Å². The Labute approximate surface area is 160 Å². The predicted octanol–water partition coefficient (Wildman–Crippen LogP) is 4.81. The first-order chi connectivity index (χ1) is 11.6. The number of esters is 1. The number of hydrogen-bond acceptors (Lipinski definition) is 5. The van der Waals surface area contributed by atoms with Crippen molar-refractivity contribution in [1.82, 2.24) is 0 Å². The highest BCUT2D eigenvalue weighted by Crippen LogP contribution is 2.49. The van der Waals surface area contributed by atoms with Gasteiger partial charge in [-0.2, -0.15) is 0 Å². The van der Waals surface area contributed by atoms with Crippen LogP contribution in [0.5, 0.6) is 0 Å². The molecule has 2 heterocycles. The normalized spacial score (nSPS) is 25.5. The molecule has 1 fully saturated rings. The zero-order valence-electron chi connectivity index (χ0n) is 15.1. The molecule has 0 spiro atoms. The van der Waals surface area contributed by atoms with E-state index in [1.807, 2.05) is 19.9 Å². The van der Waals surface area contributed by atoms with Crippen molar-refractivity contribution in [2.45, 2.75) is 46.5 Å². The number of carbonyl (C=O) groups excluding carboxylic acids is 2. The van der Waals surface area contributed by atoms with Gasteiger partial charge in [0.15, 0.2) is 0 Å². The van der Waals surface area contributed by atoms with E-state index in [1.165, 1.54) is 7.11 Å². The van der Waals surface area contributed by atoms with Gasteiger partial charge in [-0.3, -0.25) is 9.79 Å². The number of ketones is 1. The van der Waals surface area contributed by atoms with Gasteiger partial charge in [-0.1, -0.05) is 13.8 Å². The van der Waals surface area contributed by atoms with Crippen LogP contribution in [0.3, 0.4) is 0 Å². The van der Waals surface area contributed by atoms with E-state index in [4.69, 9.17) is 4.74 Å². The lowest BCUT2D eigenvalue weighted by Crippen LogP contribution is -2.43. The smallest absolute Gasteiger partial charge is 0.336 e. The third-order valence-corrected chi connectivity index (χ3v) is 7.17. The van der Waals surface area contributed by atoms with E-state index in [1.54, 1.807) is 11.3 Å². The van der Waals surface area contributed by atoms with Crippen molar-refractivity contribution in [3.05, 3.63) is 31.6 Å². The van der Waals surface area contributed by atoms with Crippen molar-refractivity contribution in [3.8, 4) is 0 Å². The third kappa shape index (κ3) is 3.26. The van der Waals surface area contributed by atoms with Crippen molar-refractivity contribution in [1.29, 1.82) is 0 Å². The van der Waals surface area contributed by atoms with Gasteiger partial charge in [0.25, 0.3) is 0 Å². The van der Waals surface area contributed by atoms with Crippen LogP contribution in [0.1, 0.15) is 49.3 Å². The fourth-order valence-corrected chi connectivity index (χ4v) is 5.62. The van der Waals surface area contributed by atoms with Gasteiger partial charge in [0.05, 0.1) is 18.6 Å². The van der Waals surface area contributed by atoms with Gasteiger partial charge < -0.3 is 4.74 Å². The van der Waals surface area contributed by atoms with Crippen molar-refractivity contribution in [3.63, 3.8) is 0 Å². The van der Waals surface area contributed by atoms with Crippen LogP contribution in [0.25, 0.3) is 0 Å². The maximum atomic E-state index is 13.0. The summed E-state index contributed by atoms with van der Waals surface area (Å²) in [5.41, 5.74) is 1.99. The zero-order valence-corrected chi connectivity index (χ0v) is 17.5. The first kappa shape index (κ1) is 18.5. The molecular formula is C19H22BrNO3S. The molecule has 1 aliphatic heterocycles. The molecule has 6 heteroatoms. The van der Waals surface area contributed by atoms with E-state index in [0.29, 0.717) is 17.7 Å². The molecule has 0 radical (unpaired) electrons. The number of rotatable bonds is 2. The highest BCUT2D eigenvalue weighted by atomic mass is 79.9. The molecule has 134 valence electrons. The van der Waals surface area contributed by atoms with E-state index < -0.39 is 5.97 Å². The number of methoxy groups -OCH3 is 1. The number of aliphatic imine (C=N–C) groups is 1. The summed E-state index contributed by atoms with van der Waals surface area (Å²) in [4.78, 5) is 32.3. The van der Waals surface area contributed by atoms with Crippen LogP contribution < -0.4 is 0 Å². The Bertz CT molecular complexity index is 799. The molecule has 1 aliphatic carbocycles. The van der Waals surface area contributed by atoms with E-state index in [2.05, 4.69) is 34.8 Å². The van der Waals surface area contributed by atoms with E-state index in [9.17, 15) is 9.59 Å². The van der Waals surface area contributed by atoms with Gasteiger partial charge >= 0.3 is 5.97 Å². The highest BCUT2D eigenvalue weighted by Gasteiger charge is 2.48. The molecule has 0 N–H and O–H groups in total. The van der Waals surface area contributed by atoms with Crippen LogP contribution in [0.15, 0.2) is 26.8 Å². The van der Waals surface area contributed by atoms with E-state index in [0.717, 1.165) is 26.4 Å². The quantitative estimate of drug-likeness (QED) is 0.641. The minimum absolute atomic E-state index is 0.0913. The Morgan fingerprint density at radius 2 is 2.00 bits per heavy atom. The number of aryl methyl sites for hydroxylation is 1. The monoisotopic (exact) mass is 423 g/mol. The number of halogens is 1. The second-order valence-electron chi connectivity index (χ2n) is 7.59. The highest BCUT2D eigenvalue weighted by molar-refractivity contribution is 9.10. The molecular weight excluding hydrogens is 402 g/mol. The molecule has 0 saturated heterocycles. The van der Waals surface area contributed by atoms with Gasteiger partial charge in [-0.25, -0.2) is 4.79 Å². The Morgan fingerprint density at radius 1 is 1.32 bits per heavy atom. The van der Waals surface area contributed by atoms with E-state index in [-0.39, 0.29) is 23.0 Å². The summed E-state index contributed by atoms with van der Waals surface area (Å²) in [5, 5.41) is 0. The van der Waals surface area contributed by atoms with Crippen LogP contribution in [-0.4, -0.2) is 24.6 Å². The minimum Gasteiger partial charge on any atom is -0.466 e. The van der Waals surface area contributed by atoms with Gasteiger partial charge in [0, 0.05) is 38.0 Å². The molecule has 0 aromatic carbocycles. The lowest BCUT2D eigenvalue weighted by Gasteiger charge is -2.40. The first-order valence-electron chi connectivity index (χ1n) is 8.29. The SMILES string of the molecule is COC(=O)C1=C(C)N=C2CC(C)(C)CC(=O)C2[C@@H]1c1cc(Br)c(C)s1. The summed E-state index contributed by atoms with van der Waals surface area (Å²) in [5.74, 6) is -0.907. The van der Waals surface area contributed by atoms with Crippen LogP contribution in [-0.2, 0) is 14.3 Å². The van der Waals surface area contributed by atoms with E-state index >= 15 is 0 Å². The lowest BCUT2D eigenvalue weighted by atomic mass is 9.64. The molecule has 1 aromatic heterocycles. The zero-order chi connectivity index (χ0) is 18.5. The predicted molar refractivity (Wildman–Crippen MR) is 103 cm³/mol. The van der Waals surface area contributed by atoms with Gasteiger partial charge in [0.2, 0.25) is 0 Å². The fourth-order valence-electron chi connectivity index (χ4n) is 3.91. The Hall–Kier alpha value is -1.27. The topological polar surface area (TPSA) is 55.7 Å². The molecule has 25 heavy (non-hydrogen) atoms. The van der Waals surface area contributed by atoms with Crippen LogP contribution in [0.2, 0.25) is 0 Å². The maximum Gasteiger partial charge on any atom is 0.336 e. The first-order valence-corrected chi connectivity index (χ1v) is 9.90. The van der Waals surface area contributed by atoms with Gasteiger partial charge in [-0.15, -0.1) is 11.3 Å². The molecule has 1 unspecified atom stereocenters. The summed E-state index contributed by atoms with van der Waals surface area (Å²) in [6.07, 6.45) is 1.28. The average molecular weight is 424 g/mol. The van der Waals surface area contributed by atoms with Crippen molar-refractivity contribution >= 4 is 44.7 Å². The number of nitrogens with zero attached hydrogens (tertiary/aromatic N) is 1. The van der Waals surface area contributed by atoms with Crippen LogP contribution in [0.4, 0.5) is 0 Å². The van der Waals surface area contributed by atoms with Crippen molar-refractivity contribution in [2.75, 3.05) is 7.11 Å². The maximum absolute atomic E-state index is 13.0. The minimum atomic E-state index is -0.398. The number of Topliss-reactive ketones (excluding diaryl/α,β-unsaturated/α-hetero) is 1. The largest absolute Gasteiger partial charge is 0.466 e. The summed E-state index contributed by atoms with van der Waals surface area (Å²) < 4.78 is 6.02. The number of fused-ring (bicyclic) bond motifs is 1. The number of allylic oxidation sites excluding steroid dienone is 1. The summed E-state index contributed by atoms with van der Waals surface area (Å²) in [7, 11) is 1.38. The fraction of sp³-hybridized carbons (Fsp3) is 0.526. The summed E-state index contributed by atoms with van der Waals surface area (Å²) >= 11 is 5.17. The number of ether oxygens (including phenoxy) is 1.